The number of fused-ring (bicyclic) bond motifs is 2. The molecule has 6 aromatic carbocycles. The van der Waals surface area contributed by atoms with Crippen LogP contribution in [0.25, 0.3) is 32.8 Å². The molecule has 4 aliphatic heterocycles. The summed E-state index contributed by atoms with van der Waals surface area (Å²) in [6.45, 7) is 17.3. The zero-order valence-electron chi connectivity index (χ0n) is 44.5. The van der Waals surface area contributed by atoms with Crippen LogP contribution in [0.15, 0.2) is 201 Å². The highest BCUT2D eigenvalue weighted by molar-refractivity contribution is 6.07. The highest BCUT2D eigenvalue weighted by Gasteiger charge is 2.31. The molecule has 75 heavy (non-hydrogen) atoms. The van der Waals surface area contributed by atoms with Crippen molar-refractivity contribution in [3.05, 3.63) is 229 Å². The van der Waals surface area contributed by atoms with Crippen molar-refractivity contribution in [1.29, 1.82) is 0 Å². The van der Waals surface area contributed by atoms with E-state index in [9.17, 15) is 9.18 Å². The third kappa shape index (κ3) is 15.3. The predicted molar refractivity (Wildman–Crippen MR) is 315 cm³/mol. The van der Waals surface area contributed by atoms with Gasteiger partial charge in [0.15, 0.2) is 0 Å². The Kier molecular flexibility index (Phi) is 19.4. The standard InChI is InChI=1S/C28H29FN2.C28H32N2O.C7H10.C6H8/c1-21(27-8-4-6-25-5-2-3-7-28(25)27)31-18-13-22(20-31)19-30-16-14-24(15-17-30)23-9-11-26(29)12-10-23;31-28(27-12-6-10-25-9-4-5-11-26(25)27)30-18-15-24(21-30)20-29-16-13-23(14-17-29)19-22-7-2-1-3-8-22;1-7-5-3-2-4-6-7;1-2-4-6-5-3-1/h2-12,14,22H,1,13,15-20H2;1-12,23-24H,13-21H2;2-5,7H,6H2,1H3;1-4H,5-6H2. The fourth-order valence-electron chi connectivity index (χ4n) is 11.7. The first-order valence-corrected chi connectivity index (χ1v) is 28.1. The lowest BCUT2D eigenvalue weighted by molar-refractivity contribution is 0.0783. The number of likely N-dealkylation sites (tertiary alicyclic amines) is 3. The van der Waals surface area contributed by atoms with Gasteiger partial charge in [0, 0.05) is 69.2 Å². The largest absolute Gasteiger partial charge is 0.371 e. The normalized spacial score (nSPS) is 20.7. The highest BCUT2D eigenvalue weighted by atomic mass is 19.1. The molecule has 2 aliphatic carbocycles. The van der Waals surface area contributed by atoms with Crippen molar-refractivity contribution in [3.8, 4) is 0 Å². The smallest absolute Gasteiger partial charge is 0.254 e. The Morgan fingerprint density at radius 3 is 1.75 bits per heavy atom. The van der Waals surface area contributed by atoms with Crippen LogP contribution in [0.5, 0.6) is 0 Å². The number of allylic oxidation sites excluding steroid dienone is 8. The van der Waals surface area contributed by atoms with Gasteiger partial charge in [-0.3, -0.25) is 9.69 Å². The molecule has 1 amide bonds. The fraction of sp³-hybridized carbons (Fsp3) is 0.348. The molecule has 0 spiro atoms. The van der Waals surface area contributed by atoms with Crippen molar-refractivity contribution < 1.29 is 9.18 Å². The Morgan fingerprint density at radius 1 is 0.573 bits per heavy atom. The van der Waals surface area contributed by atoms with Gasteiger partial charge in [0.1, 0.15) is 5.82 Å². The summed E-state index contributed by atoms with van der Waals surface area (Å²) >= 11 is 0. The molecular formula is C69H79FN4O. The van der Waals surface area contributed by atoms with E-state index < -0.39 is 0 Å². The number of carbonyl (C=O) groups is 1. The van der Waals surface area contributed by atoms with Crippen LogP contribution in [-0.4, -0.2) is 91.0 Å². The molecule has 6 aromatic rings. The van der Waals surface area contributed by atoms with Crippen molar-refractivity contribution in [2.24, 2.45) is 23.7 Å². The maximum Gasteiger partial charge on any atom is 0.254 e. The van der Waals surface area contributed by atoms with E-state index in [1.165, 1.54) is 85.5 Å². The number of halogens is 1. The third-order valence-corrected chi connectivity index (χ3v) is 16.1. The quantitative estimate of drug-likeness (QED) is 0.137. The Labute approximate surface area is 448 Å². The van der Waals surface area contributed by atoms with Crippen LogP contribution in [-0.2, 0) is 6.42 Å². The third-order valence-electron chi connectivity index (χ3n) is 16.1. The lowest BCUT2D eigenvalue weighted by Gasteiger charge is -2.33. The number of carbonyl (C=O) groups excluding carboxylic acids is 1. The molecule has 4 heterocycles. The molecule has 12 rings (SSSR count). The Bertz CT molecular complexity index is 2920. The number of benzene rings is 6. The molecule has 388 valence electrons. The fourth-order valence-corrected chi connectivity index (χ4v) is 11.7. The minimum atomic E-state index is -0.169. The van der Waals surface area contributed by atoms with Crippen LogP contribution in [0, 0.1) is 29.5 Å². The molecule has 5 nitrogen and oxygen atoms in total. The SMILES string of the molecule is C1=CCCC=C1.C=C(c1cccc2ccccc12)N1CCC(CN2CC=C(c3ccc(F)cc3)CC2)C1.CC1C=CC=CC1.O=C(c1cccc2ccccc12)N1CCC(CN2CCC(Cc3ccccc3)CC2)C1. The maximum atomic E-state index is 13.2. The molecule has 0 aromatic heterocycles. The summed E-state index contributed by atoms with van der Waals surface area (Å²) in [4.78, 5) is 23.0. The summed E-state index contributed by atoms with van der Waals surface area (Å²) in [6.07, 6.45) is 30.3. The molecule has 0 N–H and O–H groups in total. The number of nitrogens with zero attached hydrogens (tertiary/aromatic N) is 4. The molecular weight excluding hydrogens is 920 g/mol. The van der Waals surface area contributed by atoms with Gasteiger partial charge >= 0.3 is 0 Å². The van der Waals surface area contributed by atoms with Gasteiger partial charge in [-0.05, 0) is 151 Å². The van der Waals surface area contributed by atoms with E-state index in [4.69, 9.17) is 0 Å². The average molecular weight is 999 g/mol. The second-order valence-electron chi connectivity index (χ2n) is 21.6. The predicted octanol–water partition coefficient (Wildman–Crippen LogP) is 15.3. The molecule has 0 bridgehead atoms. The first-order valence-electron chi connectivity index (χ1n) is 28.1. The van der Waals surface area contributed by atoms with Crippen molar-refractivity contribution >= 4 is 38.7 Å². The van der Waals surface area contributed by atoms with Crippen molar-refractivity contribution in [3.63, 3.8) is 0 Å². The average Bonchev–Trinajstić information content (AvgIpc) is 4.15. The molecule has 6 heteroatoms. The van der Waals surface area contributed by atoms with Crippen LogP contribution in [0.3, 0.4) is 0 Å². The van der Waals surface area contributed by atoms with Gasteiger partial charge in [-0.2, -0.15) is 0 Å². The minimum Gasteiger partial charge on any atom is -0.371 e. The van der Waals surface area contributed by atoms with E-state index in [-0.39, 0.29) is 11.7 Å². The van der Waals surface area contributed by atoms with Gasteiger partial charge in [0.05, 0.1) is 0 Å². The number of hydrogen-bond acceptors (Lipinski definition) is 4. The molecule has 3 unspecified atom stereocenters. The molecule has 3 atom stereocenters. The summed E-state index contributed by atoms with van der Waals surface area (Å²) in [5.41, 5.74) is 7.22. The molecule has 3 saturated heterocycles. The maximum absolute atomic E-state index is 13.2. The van der Waals surface area contributed by atoms with Gasteiger partial charge in [-0.25, -0.2) is 4.39 Å². The van der Waals surface area contributed by atoms with E-state index in [1.54, 1.807) is 12.1 Å². The number of amides is 1. The summed E-state index contributed by atoms with van der Waals surface area (Å²) in [5.74, 6) is 2.88. The molecule has 6 aliphatic rings. The summed E-state index contributed by atoms with van der Waals surface area (Å²) in [5, 5.41) is 4.77. The number of rotatable bonds is 10. The van der Waals surface area contributed by atoms with Gasteiger partial charge < -0.3 is 14.7 Å². The van der Waals surface area contributed by atoms with E-state index in [0.29, 0.717) is 11.8 Å². The number of piperidine rings is 1. The van der Waals surface area contributed by atoms with Gasteiger partial charge in [0.25, 0.3) is 5.91 Å². The number of hydrogen-bond donors (Lipinski definition) is 0. The van der Waals surface area contributed by atoms with Gasteiger partial charge in [0.2, 0.25) is 0 Å². The second-order valence-corrected chi connectivity index (χ2v) is 21.6. The van der Waals surface area contributed by atoms with Gasteiger partial charge in [-0.1, -0.05) is 190 Å². The highest BCUT2D eigenvalue weighted by Crippen LogP contribution is 2.32. The van der Waals surface area contributed by atoms with E-state index >= 15 is 0 Å². The lowest BCUT2D eigenvalue weighted by atomic mass is 9.90. The topological polar surface area (TPSA) is 30.0 Å². The van der Waals surface area contributed by atoms with Crippen molar-refractivity contribution in [2.45, 2.75) is 64.7 Å². The molecule has 0 radical (unpaired) electrons. The second kappa shape index (κ2) is 27.3. The van der Waals surface area contributed by atoms with Crippen LogP contribution in [0.2, 0.25) is 0 Å². The Balaban J connectivity index is 0.000000148. The lowest BCUT2D eigenvalue weighted by Crippen LogP contribution is -2.38. The van der Waals surface area contributed by atoms with Crippen LogP contribution in [0.4, 0.5) is 4.39 Å². The Hall–Kier alpha value is -6.60. The van der Waals surface area contributed by atoms with Crippen LogP contribution >= 0.6 is 0 Å². The minimum absolute atomic E-state index is 0.169. The zero-order chi connectivity index (χ0) is 51.6. The van der Waals surface area contributed by atoms with Crippen molar-refractivity contribution in [2.75, 3.05) is 65.4 Å². The zero-order valence-corrected chi connectivity index (χ0v) is 44.5. The Morgan fingerprint density at radius 2 is 1.15 bits per heavy atom. The van der Waals surface area contributed by atoms with E-state index in [2.05, 4.69) is 179 Å². The summed E-state index contributed by atoms with van der Waals surface area (Å²) in [7, 11) is 0. The van der Waals surface area contributed by atoms with Crippen LogP contribution < -0.4 is 0 Å². The first-order chi connectivity index (χ1) is 36.8. The van der Waals surface area contributed by atoms with Crippen molar-refractivity contribution in [1.82, 2.24) is 19.6 Å². The molecule has 3 fully saturated rings. The summed E-state index contributed by atoms with van der Waals surface area (Å²) in [6, 6.07) is 47.1. The molecule has 0 saturated carbocycles. The van der Waals surface area contributed by atoms with Gasteiger partial charge in [-0.15, -0.1) is 0 Å². The van der Waals surface area contributed by atoms with Crippen LogP contribution in [0.1, 0.15) is 85.3 Å². The monoisotopic (exact) mass is 999 g/mol. The van der Waals surface area contributed by atoms with E-state index in [0.717, 1.165) is 105 Å². The first kappa shape index (κ1) is 53.2. The summed E-state index contributed by atoms with van der Waals surface area (Å²) < 4.78 is 13.2. The van der Waals surface area contributed by atoms with E-state index in [1.807, 2.05) is 36.4 Å².